The minimum Gasteiger partial charge on any atom is -0.480 e. The van der Waals surface area contributed by atoms with Gasteiger partial charge in [0, 0.05) is 45.4 Å². The first-order chi connectivity index (χ1) is 10.1. The van der Waals surface area contributed by atoms with Gasteiger partial charge in [0.25, 0.3) is 0 Å². The van der Waals surface area contributed by atoms with Gasteiger partial charge in [0.15, 0.2) is 0 Å². The first kappa shape index (κ1) is 15.3. The van der Waals surface area contributed by atoms with Gasteiger partial charge in [-0.25, -0.2) is 14.6 Å². The van der Waals surface area contributed by atoms with Crippen LogP contribution >= 0.6 is 0 Å². The molecule has 0 spiro atoms. The number of ether oxygens (including phenoxy) is 1. The fourth-order valence-electron chi connectivity index (χ4n) is 2.41. The second-order valence-electron chi connectivity index (χ2n) is 4.97. The number of H-pyrrole nitrogens is 1. The molecule has 1 aliphatic heterocycles. The first-order valence-corrected chi connectivity index (χ1v) is 6.90. The van der Waals surface area contributed by atoms with Crippen molar-refractivity contribution in [2.45, 2.75) is 31.4 Å². The van der Waals surface area contributed by atoms with E-state index in [9.17, 15) is 9.59 Å². The fraction of sp³-hybridized carbons (Fsp3) is 0.615. The number of carbonyl (C=O) groups excluding carboxylic acids is 1. The van der Waals surface area contributed by atoms with Crippen molar-refractivity contribution in [2.24, 2.45) is 0 Å². The molecule has 2 amide bonds. The maximum atomic E-state index is 12.1. The number of rotatable bonds is 6. The number of amides is 2. The Labute approximate surface area is 122 Å². The molecular weight excluding hydrogens is 276 g/mol. The minimum atomic E-state index is -1.000. The molecule has 3 N–H and O–H groups in total. The average Bonchev–Trinajstić information content (AvgIpc) is 3.12. The molecule has 1 aromatic heterocycles. The van der Waals surface area contributed by atoms with Crippen molar-refractivity contribution in [3.8, 4) is 0 Å². The Morgan fingerprint density at radius 2 is 2.43 bits per heavy atom. The molecule has 0 aromatic carbocycles. The predicted molar refractivity (Wildman–Crippen MR) is 73.9 cm³/mol. The number of nitrogens with one attached hydrogen (secondary N) is 2. The van der Waals surface area contributed by atoms with Gasteiger partial charge < -0.3 is 25.0 Å². The Kier molecular flexibility index (Phi) is 5.15. The molecule has 2 atom stereocenters. The van der Waals surface area contributed by atoms with Crippen molar-refractivity contribution in [1.29, 1.82) is 0 Å². The Hall–Kier alpha value is -2.09. The van der Waals surface area contributed by atoms with Gasteiger partial charge in [0.2, 0.25) is 0 Å². The number of aromatic amines is 1. The number of urea groups is 1. The first-order valence-electron chi connectivity index (χ1n) is 6.90. The number of imidazole rings is 1. The molecule has 1 aromatic rings. The third-order valence-electron chi connectivity index (χ3n) is 3.56. The van der Waals surface area contributed by atoms with Gasteiger partial charge in [0.1, 0.15) is 11.9 Å². The van der Waals surface area contributed by atoms with Gasteiger partial charge in [-0.1, -0.05) is 0 Å². The molecule has 8 nitrogen and oxygen atoms in total. The van der Waals surface area contributed by atoms with Crippen LogP contribution in [-0.2, 0) is 16.0 Å². The normalized spacial score (nSPS) is 21.5. The predicted octanol–water partition coefficient (Wildman–Crippen LogP) is 0.226. The Morgan fingerprint density at radius 1 is 1.62 bits per heavy atom. The van der Waals surface area contributed by atoms with Crippen molar-refractivity contribution >= 4 is 12.0 Å². The van der Waals surface area contributed by atoms with Crippen LogP contribution in [0.3, 0.4) is 0 Å². The summed E-state index contributed by atoms with van der Waals surface area (Å²) in [5, 5.41) is 11.9. The fourth-order valence-corrected chi connectivity index (χ4v) is 2.41. The lowest BCUT2D eigenvalue weighted by molar-refractivity contribution is -0.141. The summed E-state index contributed by atoms with van der Waals surface area (Å²) in [4.78, 5) is 31.6. The molecule has 2 unspecified atom stereocenters. The number of aliphatic carboxylic acids is 1. The van der Waals surface area contributed by atoms with E-state index in [4.69, 9.17) is 9.84 Å². The van der Waals surface area contributed by atoms with Gasteiger partial charge in [-0.15, -0.1) is 0 Å². The van der Waals surface area contributed by atoms with E-state index in [0.29, 0.717) is 19.5 Å². The van der Waals surface area contributed by atoms with E-state index in [1.165, 1.54) is 12.0 Å². The molecule has 2 heterocycles. The summed E-state index contributed by atoms with van der Waals surface area (Å²) in [5.74, 6) is -0.131. The lowest BCUT2D eigenvalue weighted by Crippen LogP contribution is -2.46. The highest BCUT2D eigenvalue weighted by Crippen LogP contribution is 2.20. The zero-order valence-electron chi connectivity index (χ0n) is 11.9. The summed E-state index contributed by atoms with van der Waals surface area (Å²) in [5.41, 5.74) is 0. The standard InChI is InChI=1S/C13H20N4O4/c1-21-9-7-10(12(18)19)17(8-9)13(20)16-4-2-3-11-14-5-6-15-11/h5-6,9-10H,2-4,7-8H2,1H3,(H,14,15)(H,16,20)(H,18,19). The second-order valence-corrected chi connectivity index (χ2v) is 4.97. The number of carboxylic acids is 1. The van der Waals surface area contributed by atoms with Gasteiger partial charge in [-0.05, 0) is 6.42 Å². The summed E-state index contributed by atoms with van der Waals surface area (Å²) in [6.07, 6.45) is 5.00. The third-order valence-corrected chi connectivity index (χ3v) is 3.56. The maximum Gasteiger partial charge on any atom is 0.326 e. The maximum absolute atomic E-state index is 12.1. The van der Waals surface area contributed by atoms with Crippen LogP contribution in [0.1, 0.15) is 18.7 Å². The smallest absolute Gasteiger partial charge is 0.326 e. The zero-order chi connectivity index (χ0) is 15.2. The van der Waals surface area contributed by atoms with Gasteiger partial charge >= 0.3 is 12.0 Å². The highest BCUT2D eigenvalue weighted by molar-refractivity contribution is 5.83. The number of aryl methyl sites for hydroxylation is 1. The number of hydrogen-bond acceptors (Lipinski definition) is 4. The molecule has 2 rings (SSSR count). The van der Waals surface area contributed by atoms with Gasteiger partial charge in [0.05, 0.1) is 6.10 Å². The number of hydrogen-bond donors (Lipinski definition) is 3. The molecule has 21 heavy (non-hydrogen) atoms. The number of methoxy groups -OCH3 is 1. The van der Waals surface area contributed by atoms with Gasteiger partial charge in [-0.2, -0.15) is 0 Å². The quantitative estimate of drug-likeness (QED) is 0.651. The number of aromatic nitrogens is 2. The van der Waals surface area contributed by atoms with E-state index in [-0.39, 0.29) is 12.1 Å². The zero-order valence-corrected chi connectivity index (χ0v) is 11.9. The Balaban J connectivity index is 1.77. The topological polar surface area (TPSA) is 108 Å². The van der Waals surface area contributed by atoms with Crippen LogP contribution in [0.4, 0.5) is 4.79 Å². The van der Waals surface area contributed by atoms with Crippen LogP contribution in [0.2, 0.25) is 0 Å². The van der Waals surface area contributed by atoms with Crippen LogP contribution in [0.15, 0.2) is 12.4 Å². The number of nitrogens with zero attached hydrogens (tertiary/aromatic N) is 2. The van der Waals surface area contributed by atoms with Gasteiger partial charge in [-0.3, -0.25) is 0 Å². The van der Waals surface area contributed by atoms with Crippen molar-refractivity contribution in [1.82, 2.24) is 20.2 Å². The van der Waals surface area contributed by atoms with E-state index in [2.05, 4.69) is 15.3 Å². The number of likely N-dealkylation sites (tertiary alicyclic amines) is 1. The Morgan fingerprint density at radius 3 is 3.05 bits per heavy atom. The van der Waals surface area contributed by atoms with Crippen molar-refractivity contribution in [3.05, 3.63) is 18.2 Å². The molecule has 8 heteroatoms. The van der Waals surface area contributed by atoms with Crippen LogP contribution < -0.4 is 5.32 Å². The molecule has 1 aliphatic rings. The van der Waals surface area contributed by atoms with Crippen LogP contribution in [0, 0.1) is 0 Å². The van der Waals surface area contributed by atoms with Crippen molar-refractivity contribution < 1.29 is 19.4 Å². The second kappa shape index (κ2) is 7.07. The number of carboxylic acid groups (broad SMARTS) is 1. The van der Waals surface area contributed by atoms with Crippen LogP contribution in [-0.4, -0.2) is 64.3 Å². The summed E-state index contributed by atoms with van der Waals surface area (Å²) in [7, 11) is 1.52. The largest absolute Gasteiger partial charge is 0.480 e. The molecule has 1 fully saturated rings. The summed E-state index contributed by atoms with van der Waals surface area (Å²) in [6, 6.07) is -1.18. The van der Waals surface area contributed by atoms with E-state index in [1.807, 2.05) is 0 Å². The highest BCUT2D eigenvalue weighted by atomic mass is 16.5. The third kappa shape index (κ3) is 3.94. The highest BCUT2D eigenvalue weighted by Gasteiger charge is 2.39. The molecule has 0 saturated carbocycles. The van der Waals surface area contributed by atoms with Crippen LogP contribution in [0.25, 0.3) is 0 Å². The molecule has 116 valence electrons. The molecule has 0 bridgehead atoms. The molecule has 0 radical (unpaired) electrons. The van der Waals surface area contributed by atoms with Crippen molar-refractivity contribution in [3.63, 3.8) is 0 Å². The lowest BCUT2D eigenvalue weighted by Gasteiger charge is -2.21. The van der Waals surface area contributed by atoms with E-state index < -0.39 is 12.0 Å². The van der Waals surface area contributed by atoms with E-state index in [1.54, 1.807) is 12.4 Å². The molecule has 0 aliphatic carbocycles. The SMILES string of the molecule is COC1CC(C(=O)O)N(C(=O)NCCCc2ncc[nH]2)C1. The summed E-state index contributed by atoms with van der Waals surface area (Å²) < 4.78 is 5.15. The minimum absolute atomic E-state index is 0.222. The molecule has 1 saturated heterocycles. The average molecular weight is 296 g/mol. The Bertz CT molecular complexity index is 477. The molecular formula is C13H20N4O4. The summed E-state index contributed by atoms with van der Waals surface area (Å²) in [6.45, 7) is 0.775. The summed E-state index contributed by atoms with van der Waals surface area (Å²) >= 11 is 0. The lowest BCUT2D eigenvalue weighted by atomic mass is 10.2. The van der Waals surface area contributed by atoms with Crippen molar-refractivity contribution in [2.75, 3.05) is 20.2 Å². The van der Waals surface area contributed by atoms with Crippen LogP contribution in [0.5, 0.6) is 0 Å². The number of carbonyl (C=O) groups is 2. The van der Waals surface area contributed by atoms with E-state index in [0.717, 1.165) is 18.7 Å². The van der Waals surface area contributed by atoms with E-state index >= 15 is 0 Å². The monoisotopic (exact) mass is 296 g/mol.